The Bertz CT molecular complexity index is 719. The van der Waals surface area contributed by atoms with Gasteiger partial charge in [-0.05, 0) is 25.2 Å². The molecule has 0 aliphatic rings. The smallest absolute Gasteiger partial charge is 0.315 e. The number of hydrogen-bond acceptors (Lipinski definition) is 4. The molecule has 7 nitrogen and oxygen atoms in total. The van der Waals surface area contributed by atoms with Gasteiger partial charge in [0.15, 0.2) is 0 Å². The van der Waals surface area contributed by atoms with Crippen molar-refractivity contribution in [2.24, 2.45) is 0 Å². The summed E-state index contributed by atoms with van der Waals surface area (Å²) in [6, 6.07) is 15.9. The molecule has 0 aliphatic carbocycles. The van der Waals surface area contributed by atoms with Gasteiger partial charge in [0.25, 0.3) is 5.69 Å². The van der Waals surface area contributed by atoms with Gasteiger partial charge < -0.3 is 15.5 Å². The van der Waals surface area contributed by atoms with Crippen molar-refractivity contribution in [1.82, 2.24) is 15.5 Å². The molecule has 132 valence electrons. The second-order valence-corrected chi connectivity index (χ2v) is 5.88. The van der Waals surface area contributed by atoms with Crippen LogP contribution >= 0.6 is 0 Å². The first-order valence-electron chi connectivity index (χ1n) is 7.94. The summed E-state index contributed by atoms with van der Waals surface area (Å²) in [7, 11) is 3.92. The normalized spacial score (nSPS) is 11.8. The molecule has 0 spiro atoms. The minimum Gasteiger partial charge on any atom is -0.336 e. The van der Waals surface area contributed by atoms with E-state index >= 15 is 0 Å². The van der Waals surface area contributed by atoms with Crippen molar-refractivity contribution in [1.29, 1.82) is 0 Å². The number of likely N-dealkylation sites (N-methyl/N-ethyl adjacent to an activating group) is 1. The molecular formula is C18H22N4O3. The van der Waals surface area contributed by atoms with E-state index in [1.54, 1.807) is 12.1 Å². The molecule has 0 aliphatic heterocycles. The molecule has 2 N–H and O–H groups in total. The van der Waals surface area contributed by atoms with Gasteiger partial charge in [-0.2, -0.15) is 0 Å². The van der Waals surface area contributed by atoms with E-state index in [1.807, 2.05) is 49.3 Å². The van der Waals surface area contributed by atoms with Crippen LogP contribution in [0.5, 0.6) is 0 Å². The fourth-order valence-electron chi connectivity index (χ4n) is 2.49. The Morgan fingerprint density at radius 2 is 1.84 bits per heavy atom. The number of hydrogen-bond donors (Lipinski definition) is 2. The standard InChI is InChI=1S/C18H22N4O3/c1-21(2)17(15-8-4-3-5-9-15)13-20-18(23)19-12-14-7-6-10-16(11-14)22(24)25/h3-11,17H,12-13H2,1-2H3,(H2,19,20,23). The van der Waals surface area contributed by atoms with Crippen LogP contribution in [0.1, 0.15) is 17.2 Å². The fraction of sp³-hybridized carbons (Fsp3) is 0.278. The van der Waals surface area contributed by atoms with Crippen molar-refractivity contribution in [3.05, 3.63) is 75.8 Å². The molecule has 2 aromatic carbocycles. The van der Waals surface area contributed by atoms with Gasteiger partial charge in [0, 0.05) is 25.2 Å². The summed E-state index contributed by atoms with van der Waals surface area (Å²) in [6.45, 7) is 0.684. The van der Waals surface area contributed by atoms with Gasteiger partial charge >= 0.3 is 6.03 Å². The van der Waals surface area contributed by atoms with E-state index in [2.05, 4.69) is 10.6 Å². The summed E-state index contributed by atoms with van der Waals surface area (Å²) in [5.41, 5.74) is 1.81. The Labute approximate surface area is 146 Å². The van der Waals surface area contributed by atoms with Crippen molar-refractivity contribution in [3.63, 3.8) is 0 Å². The molecule has 0 fully saturated rings. The highest BCUT2D eigenvalue weighted by atomic mass is 16.6. The number of nitrogens with one attached hydrogen (secondary N) is 2. The third kappa shape index (κ3) is 5.58. The molecule has 7 heteroatoms. The van der Waals surface area contributed by atoms with Crippen LogP contribution < -0.4 is 10.6 Å². The second kappa shape index (κ2) is 8.79. The first-order chi connectivity index (χ1) is 12.0. The van der Waals surface area contributed by atoms with Crippen molar-refractivity contribution in [3.8, 4) is 0 Å². The molecule has 2 rings (SSSR count). The first-order valence-corrected chi connectivity index (χ1v) is 7.94. The monoisotopic (exact) mass is 342 g/mol. The average molecular weight is 342 g/mol. The van der Waals surface area contributed by atoms with Gasteiger partial charge in [0.2, 0.25) is 0 Å². The third-order valence-electron chi connectivity index (χ3n) is 3.84. The lowest BCUT2D eigenvalue weighted by Gasteiger charge is -2.25. The van der Waals surface area contributed by atoms with Gasteiger partial charge in [-0.25, -0.2) is 4.79 Å². The number of rotatable bonds is 7. The molecule has 1 atom stereocenters. The zero-order valence-electron chi connectivity index (χ0n) is 14.3. The fourth-order valence-corrected chi connectivity index (χ4v) is 2.49. The first kappa shape index (κ1) is 18.4. The molecule has 2 amide bonds. The number of carbonyl (C=O) groups is 1. The van der Waals surface area contributed by atoms with Gasteiger partial charge in [-0.1, -0.05) is 42.5 Å². The maximum absolute atomic E-state index is 12.0. The molecule has 0 aromatic heterocycles. The summed E-state index contributed by atoms with van der Waals surface area (Å²) < 4.78 is 0. The Kier molecular flexibility index (Phi) is 6.47. The Balaban J connectivity index is 1.87. The van der Waals surface area contributed by atoms with E-state index in [4.69, 9.17) is 0 Å². The lowest BCUT2D eigenvalue weighted by atomic mass is 10.1. The number of carbonyl (C=O) groups excluding carboxylic acids is 1. The molecule has 2 aromatic rings. The predicted molar refractivity (Wildman–Crippen MR) is 96.2 cm³/mol. The van der Waals surface area contributed by atoms with Crippen molar-refractivity contribution < 1.29 is 9.72 Å². The highest BCUT2D eigenvalue weighted by molar-refractivity contribution is 5.73. The predicted octanol–water partition coefficient (Wildman–Crippen LogP) is 2.70. The Morgan fingerprint density at radius 3 is 2.48 bits per heavy atom. The summed E-state index contributed by atoms with van der Waals surface area (Å²) in [6.07, 6.45) is 0. The second-order valence-electron chi connectivity index (χ2n) is 5.88. The topological polar surface area (TPSA) is 87.5 Å². The van der Waals surface area contributed by atoms with E-state index in [1.165, 1.54) is 12.1 Å². The van der Waals surface area contributed by atoms with Gasteiger partial charge in [0.05, 0.1) is 11.0 Å². The van der Waals surface area contributed by atoms with Crippen LogP contribution in [0.4, 0.5) is 10.5 Å². The van der Waals surface area contributed by atoms with Crippen LogP contribution in [0.25, 0.3) is 0 Å². The quantitative estimate of drug-likeness (QED) is 0.598. The molecule has 25 heavy (non-hydrogen) atoms. The van der Waals surface area contributed by atoms with Crippen LogP contribution in [-0.4, -0.2) is 36.5 Å². The number of urea groups is 1. The molecule has 0 heterocycles. The number of nitro groups is 1. The van der Waals surface area contributed by atoms with Crippen LogP contribution in [-0.2, 0) is 6.54 Å². The summed E-state index contributed by atoms with van der Waals surface area (Å²) in [4.78, 5) is 24.4. The van der Waals surface area contributed by atoms with Gasteiger partial charge in [-0.15, -0.1) is 0 Å². The van der Waals surface area contributed by atoms with Crippen molar-refractivity contribution in [2.45, 2.75) is 12.6 Å². The third-order valence-corrected chi connectivity index (χ3v) is 3.84. The summed E-state index contributed by atoms with van der Waals surface area (Å²) in [5, 5.41) is 16.3. The van der Waals surface area contributed by atoms with E-state index < -0.39 is 4.92 Å². The number of nitro benzene ring substituents is 1. The van der Waals surface area contributed by atoms with Crippen LogP contribution in [0.15, 0.2) is 54.6 Å². The minimum atomic E-state index is -0.453. The van der Waals surface area contributed by atoms with E-state index in [9.17, 15) is 14.9 Å². The van der Waals surface area contributed by atoms with Gasteiger partial charge in [-0.3, -0.25) is 10.1 Å². The van der Waals surface area contributed by atoms with Crippen LogP contribution in [0.3, 0.4) is 0 Å². The SMILES string of the molecule is CN(C)C(CNC(=O)NCc1cccc([N+](=O)[O-])c1)c1ccccc1. The molecule has 0 saturated heterocycles. The Morgan fingerprint density at radius 1 is 1.12 bits per heavy atom. The van der Waals surface area contributed by atoms with Crippen molar-refractivity contribution in [2.75, 3.05) is 20.6 Å². The maximum Gasteiger partial charge on any atom is 0.315 e. The lowest BCUT2D eigenvalue weighted by Crippen LogP contribution is -2.40. The Hall–Kier alpha value is -2.93. The molecule has 0 radical (unpaired) electrons. The average Bonchev–Trinajstić information content (AvgIpc) is 2.61. The number of amides is 2. The van der Waals surface area contributed by atoms with E-state index in [-0.39, 0.29) is 24.3 Å². The van der Waals surface area contributed by atoms with E-state index in [0.29, 0.717) is 12.1 Å². The number of non-ortho nitro benzene ring substituents is 1. The maximum atomic E-state index is 12.0. The zero-order chi connectivity index (χ0) is 18.2. The van der Waals surface area contributed by atoms with E-state index in [0.717, 1.165) is 5.56 Å². The number of benzene rings is 2. The minimum absolute atomic E-state index is 0.0106. The summed E-state index contributed by atoms with van der Waals surface area (Å²) in [5.74, 6) is 0. The molecular weight excluding hydrogens is 320 g/mol. The van der Waals surface area contributed by atoms with Crippen molar-refractivity contribution >= 4 is 11.7 Å². The highest BCUT2D eigenvalue weighted by Gasteiger charge is 2.15. The zero-order valence-corrected chi connectivity index (χ0v) is 14.3. The number of nitrogens with zero attached hydrogens (tertiary/aromatic N) is 2. The lowest BCUT2D eigenvalue weighted by molar-refractivity contribution is -0.384. The molecule has 1 unspecified atom stereocenters. The molecule has 0 bridgehead atoms. The highest BCUT2D eigenvalue weighted by Crippen LogP contribution is 2.16. The largest absolute Gasteiger partial charge is 0.336 e. The van der Waals surface area contributed by atoms with Crippen LogP contribution in [0.2, 0.25) is 0 Å². The molecule has 0 saturated carbocycles. The summed E-state index contributed by atoms with van der Waals surface area (Å²) >= 11 is 0. The van der Waals surface area contributed by atoms with Crippen LogP contribution in [0, 0.1) is 10.1 Å². The van der Waals surface area contributed by atoms with Gasteiger partial charge in [0.1, 0.15) is 0 Å².